The molecule has 0 aliphatic heterocycles. The monoisotopic (exact) mass is 353 g/mol. The molecule has 0 saturated carbocycles. The van der Waals surface area contributed by atoms with Gasteiger partial charge in [-0.05, 0) is 24.3 Å². The van der Waals surface area contributed by atoms with Crippen molar-refractivity contribution >= 4 is 40.1 Å². The van der Waals surface area contributed by atoms with E-state index in [0.717, 1.165) is 16.6 Å². The summed E-state index contributed by atoms with van der Waals surface area (Å²) in [5.74, 6) is 0.623. The first-order valence-corrected chi connectivity index (χ1v) is 7.84. The lowest BCUT2D eigenvalue weighted by atomic mass is 10.0. The fraction of sp³-hybridized carbons (Fsp3) is 0.111. The molecule has 0 aromatic carbocycles. The van der Waals surface area contributed by atoms with Crippen LogP contribution in [0.2, 0.25) is 5.15 Å². The van der Waals surface area contributed by atoms with E-state index < -0.39 is 0 Å². The third-order valence-corrected chi connectivity index (χ3v) is 3.83. The van der Waals surface area contributed by atoms with Gasteiger partial charge in [0.2, 0.25) is 0 Å². The summed E-state index contributed by atoms with van der Waals surface area (Å²) in [5.41, 5.74) is 10.6. The van der Waals surface area contributed by atoms with Crippen molar-refractivity contribution < 1.29 is 4.74 Å². The number of fused-ring (bicyclic) bond motifs is 1. The van der Waals surface area contributed by atoms with Gasteiger partial charge in [0.25, 0.3) is 0 Å². The first kappa shape index (κ1) is 16.9. The Kier molecular flexibility index (Phi) is 4.90. The Balaban J connectivity index is 2.17. The molecule has 0 bridgehead atoms. The van der Waals surface area contributed by atoms with Gasteiger partial charge in [0, 0.05) is 48.1 Å². The average Bonchev–Trinajstić information content (AvgIpc) is 2.65. The van der Waals surface area contributed by atoms with E-state index in [1.807, 2.05) is 18.2 Å². The van der Waals surface area contributed by atoms with Gasteiger partial charge in [-0.3, -0.25) is 15.0 Å². The zero-order valence-corrected chi connectivity index (χ0v) is 14.5. The molecule has 0 radical (unpaired) electrons. The van der Waals surface area contributed by atoms with E-state index in [-0.39, 0.29) is 0 Å². The van der Waals surface area contributed by atoms with Crippen LogP contribution in [0.15, 0.2) is 47.8 Å². The lowest BCUT2D eigenvalue weighted by molar-refractivity contribution is 0.412. The Hall–Kier alpha value is -2.99. The van der Waals surface area contributed by atoms with Crippen LogP contribution in [0.25, 0.3) is 22.3 Å². The molecular formula is C18H16ClN5O. The number of methoxy groups -OCH3 is 1. The quantitative estimate of drug-likeness (QED) is 0.575. The first-order chi connectivity index (χ1) is 12.1. The summed E-state index contributed by atoms with van der Waals surface area (Å²) in [5, 5.41) is 0.408. The summed E-state index contributed by atoms with van der Waals surface area (Å²) in [6.45, 7) is 0. The first-order valence-electron chi connectivity index (χ1n) is 7.46. The number of nitrogens with two attached hydrogens (primary N) is 1. The van der Waals surface area contributed by atoms with E-state index in [4.69, 9.17) is 22.1 Å². The van der Waals surface area contributed by atoms with E-state index in [1.165, 1.54) is 0 Å². The summed E-state index contributed by atoms with van der Waals surface area (Å²) in [4.78, 5) is 17.0. The van der Waals surface area contributed by atoms with Gasteiger partial charge in [-0.25, -0.2) is 4.98 Å². The topological polar surface area (TPSA) is 86.3 Å². The Morgan fingerprint density at radius 2 is 2.00 bits per heavy atom. The third kappa shape index (κ3) is 3.59. The number of halogens is 1. The lowest BCUT2D eigenvalue weighted by Gasteiger charge is -2.10. The second-order valence-corrected chi connectivity index (χ2v) is 5.61. The minimum absolute atomic E-state index is 0.408. The SMILES string of the molecule is CN=CC(=C(N)c1cncc(OC)c1)c1cnc2ccc(Cl)nc2c1. The van der Waals surface area contributed by atoms with Gasteiger partial charge >= 0.3 is 0 Å². The van der Waals surface area contributed by atoms with Crippen LogP contribution in [-0.4, -0.2) is 35.3 Å². The van der Waals surface area contributed by atoms with Crippen molar-refractivity contribution in [3.63, 3.8) is 0 Å². The van der Waals surface area contributed by atoms with Crippen molar-refractivity contribution in [2.24, 2.45) is 10.7 Å². The molecule has 2 N–H and O–H groups in total. The van der Waals surface area contributed by atoms with Crippen LogP contribution >= 0.6 is 11.6 Å². The van der Waals surface area contributed by atoms with Crippen LogP contribution in [0.4, 0.5) is 0 Å². The van der Waals surface area contributed by atoms with E-state index in [9.17, 15) is 0 Å². The largest absolute Gasteiger partial charge is 0.495 e. The zero-order chi connectivity index (χ0) is 17.8. The molecule has 0 atom stereocenters. The highest BCUT2D eigenvalue weighted by molar-refractivity contribution is 6.29. The molecule has 3 aromatic rings. The number of pyridine rings is 3. The standard InChI is InChI=1S/C18H16ClN5O/c1-21-10-14(18(20)12-5-13(25-2)9-22-7-12)11-6-16-15(23-8-11)3-4-17(19)24-16/h3-10H,20H2,1-2H3. The summed E-state index contributed by atoms with van der Waals surface area (Å²) in [6.07, 6.45) is 6.70. The highest BCUT2D eigenvalue weighted by atomic mass is 35.5. The maximum Gasteiger partial charge on any atom is 0.137 e. The Labute approximate surface area is 150 Å². The molecule has 0 aliphatic rings. The normalized spacial score (nSPS) is 12.4. The molecule has 3 rings (SSSR count). The Morgan fingerprint density at radius 1 is 1.16 bits per heavy atom. The molecule has 3 heterocycles. The van der Waals surface area contributed by atoms with Gasteiger partial charge in [0.1, 0.15) is 10.9 Å². The highest BCUT2D eigenvalue weighted by Crippen LogP contribution is 2.25. The van der Waals surface area contributed by atoms with Crippen molar-refractivity contribution in [2.45, 2.75) is 0 Å². The molecule has 0 saturated heterocycles. The molecule has 6 nitrogen and oxygen atoms in total. The number of rotatable bonds is 4. The number of aliphatic imine (C=N–C) groups is 1. The summed E-state index contributed by atoms with van der Waals surface area (Å²) in [7, 11) is 3.26. The van der Waals surface area contributed by atoms with Crippen LogP contribution in [0.5, 0.6) is 5.75 Å². The van der Waals surface area contributed by atoms with Crippen LogP contribution in [0, 0.1) is 0 Å². The van der Waals surface area contributed by atoms with E-state index in [0.29, 0.717) is 27.7 Å². The Bertz CT molecular complexity index is 984. The molecule has 126 valence electrons. The predicted octanol–water partition coefficient (Wildman–Crippen LogP) is 3.21. The number of hydrogen-bond donors (Lipinski definition) is 1. The number of aromatic nitrogens is 3. The summed E-state index contributed by atoms with van der Waals surface area (Å²) >= 11 is 5.98. The van der Waals surface area contributed by atoms with Crippen LogP contribution in [-0.2, 0) is 0 Å². The van der Waals surface area contributed by atoms with E-state index >= 15 is 0 Å². The van der Waals surface area contributed by atoms with Crippen molar-refractivity contribution in [2.75, 3.05) is 14.2 Å². The van der Waals surface area contributed by atoms with Gasteiger partial charge < -0.3 is 10.5 Å². The minimum atomic E-state index is 0.408. The van der Waals surface area contributed by atoms with Crippen molar-refractivity contribution in [1.29, 1.82) is 0 Å². The molecule has 7 heteroatoms. The highest BCUT2D eigenvalue weighted by Gasteiger charge is 2.10. The van der Waals surface area contributed by atoms with Gasteiger partial charge in [-0.1, -0.05) is 11.6 Å². The summed E-state index contributed by atoms with van der Waals surface area (Å²) < 4.78 is 5.21. The average molecular weight is 354 g/mol. The van der Waals surface area contributed by atoms with Crippen LogP contribution in [0.1, 0.15) is 11.1 Å². The molecule has 0 spiro atoms. The fourth-order valence-corrected chi connectivity index (χ4v) is 2.54. The van der Waals surface area contributed by atoms with Crippen LogP contribution < -0.4 is 10.5 Å². The second-order valence-electron chi connectivity index (χ2n) is 5.22. The minimum Gasteiger partial charge on any atom is -0.495 e. The fourth-order valence-electron chi connectivity index (χ4n) is 2.39. The predicted molar refractivity (Wildman–Crippen MR) is 101 cm³/mol. The van der Waals surface area contributed by atoms with Crippen molar-refractivity contribution in [3.8, 4) is 5.75 Å². The maximum absolute atomic E-state index is 6.37. The molecule has 0 aliphatic carbocycles. The van der Waals surface area contributed by atoms with Gasteiger partial charge in [-0.15, -0.1) is 0 Å². The van der Waals surface area contributed by atoms with Crippen molar-refractivity contribution in [3.05, 3.63) is 59.1 Å². The van der Waals surface area contributed by atoms with Gasteiger partial charge in [-0.2, -0.15) is 0 Å². The zero-order valence-electron chi connectivity index (χ0n) is 13.8. The van der Waals surface area contributed by atoms with Crippen LogP contribution in [0.3, 0.4) is 0 Å². The van der Waals surface area contributed by atoms with E-state index in [1.54, 1.807) is 45.0 Å². The molecule has 0 amide bonds. The number of hydrogen-bond acceptors (Lipinski definition) is 6. The lowest BCUT2D eigenvalue weighted by Crippen LogP contribution is -2.04. The number of allylic oxidation sites excluding steroid dienone is 1. The molecule has 25 heavy (non-hydrogen) atoms. The molecule has 0 fully saturated rings. The third-order valence-electron chi connectivity index (χ3n) is 3.62. The molecule has 3 aromatic heterocycles. The van der Waals surface area contributed by atoms with E-state index in [2.05, 4.69) is 19.9 Å². The van der Waals surface area contributed by atoms with Crippen molar-refractivity contribution in [1.82, 2.24) is 15.0 Å². The van der Waals surface area contributed by atoms with Gasteiger partial charge in [0.05, 0.1) is 24.3 Å². The number of ether oxygens (including phenoxy) is 1. The maximum atomic E-state index is 6.37. The smallest absolute Gasteiger partial charge is 0.137 e. The molecular weight excluding hydrogens is 338 g/mol. The molecule has 0 unspecified atom stereocenters. The Morgan fingerprint density at radius 3 is 2.76 bits per heavy atom. The van der Waals surface area contributed by atoms with Gasteiger partial charge in [0.15, 0.2) is 0 Å². The second kappa shape index (κ2) is 7.27. The summed E-state index contributed by atoms with van der Waals surface area (Å²) in [6, 6.07) is 7.22. The number of nitrogens with zero attached hydrogens (tertiary/aromatic N) is 4.